The van der Waals surface area contributed by atoms with Crippen LogP contribution in [0.25, 0.3) is 11.5 Å². The number of nitrogen functional groups attached to an aromatic ring is 1. The fourth-order valence-corrected chi connectivity index (χ4v) is 1.41. The molecule has 0 saturated carbocycles. The van der Waals surface area contributed by atoms with Gasteiger partial charge in [0, 0.05) is 5.69 Å². The minimum Gasteiger partial charge on any atom is -0.398 e. The molecule has 20 heavy (non-hydrogen) atoms. The molecule has 0 atom stereocenters. The molecule has 0 fully saturated rings. The zero-order valence-electron chi connectivity index (χ0n) is 9.95. The highest BCUT2D eigenvalue weighted by Gasteiger charge is 2.27. The molecule has 2 N–H and O–H groups in total. The van der Waals surface area contributed by atoms with Crippen molar-refractivity contribution in [2.24, 2.45) is 0 Å². The van der Waals surface area contributed by atoms with Gasteiger partial charge in [0.15, 0.2) is 5.82 Å². The monoisotopic (exact) mass is 291 g/mol. The van der Waals surface area contributed by atoms with Gasteiger partial charge in [-0.25, -0.2) is 4.39 Å². The van der Waals surface area contributed by atoms with Gasteiger partial charge in [-0.1, -0.05) is 5.16 Å². The molecule has 9 heteroatoms. The number of halogens is 4. The lowest BCUT2D eigenvalue weighted by Crippen LogP contribution is -2.16. The van der Waals surface area contributed by atoms with Crippen LogP contribution >= 0.6 is 0 Å². The van der Waals surface area contributed by atoms with E-state index in [1.54, 1.807) is 0 Å². The number of ether oxygens (including phenoxy) is 1. The van der Waals surface area contributed by atoms with Crippen LogP contribution in [0, 0.1) is 5.82 Å². The smallest absolute Gasteiger partial charge is 0.398 e. The molecular weight excluding hydrogens is 282 g/mol. The first-order chi connectivity index (χ1) is 9.35. The van der Waals surface area contributed by atoms with E-state index in [2.05, 4.69) is 14.9 Å². The molecule has 5 nitrogen and oxygen atoms in total. The summed E-state index contributed by atoms with van der Waals surface area (Å²) in [5.74, 6) is -0.611. The van der Waals surface area contributed by atoms with E-state index in [1.165, 1.54) is 6.07 Å². The normalized spacial score (nSPS) is 11.8. The van der Waals surface area contributed by atoms with Gasteiger partial charge in [0.2, 0.25) is 0 Å². The SMILES string of the molecule is Nc1cc(F)ccc1-c1nc(COCC(F)(F)F)no1. The van der Waals surface area contributed by atoms with Crippen molar-refractivity contribution in [3.63, 3.8) is 0 Å². The Bertz CT molecular complexity index is 598. The second kappa shape index (κ2) is 5.45. The summed E-state index contributed by atoms with van der Waals surface area (Å²) in [5, 5.41) is 3.45. The molecule has 108 valence electrons. The molecular formula is C11H9F4N3O2. The maximum absolute atomic E-state index is 12.9. The highest BCUT2D eigenvalue weighted by atomic mass is 19.4. The fourth-order valence-electron chi connectivity index (χ4n) is 1.41. The highest BCUT2D eigenvalue weighted by molar-refractivity contribution is 5.70. The average Bonchev–Trinajstić information content (AvgIpc) is 2.75. The maximum atomic E-state index is 12.9. The Morgan fingerprint density at radius 2 is 2.05 bits per heavy atom. The number of hydrogen-bond donors (Lipinski definition) is 1. The Labute approximate surface area is 110 Å². The summed E-state index contributed by atoms with van der Waals surface area (Å²) in [5.41, 5.74) is 5.94. The molecule has 1 heterocycles. The first-order valence-electron chi connectivity index (χ1n) is 5.37. The zero-order valence-corrected chi connectivity index (χ0v) is 9.95. The predicted molar refractivity (Wildman–Crippen MR) is 59.8 cm³/mol. The summed E-state index contributed by atoms with van der Waals surface area (Å²) >= 11 is 0. The summed E-state index contributed by atoms with van der Waals surface area (Å²) < 4.78 is 57.7. The van der Waals surface area contributed by atoms with E-state index in [1.807, 2.05) is 0 Å². The van der Waals surface area contributed by atoms with Crippen LogP contribution in [0.1, 0.15) is 5.82 Å². The van der Waals surface area contributed by atoms with Crippen molar-refractivity contribution in [2.75, 3.05) is 12.3 Å². The Hall–Kier alpha value is -2.16. The molecule has 0 saturated heterocycles. The Balaban J connectivity index is 2.05. The molecule has 2 aromatic rings. The van der Waals surface area contributed by atoms with Gasteiger partial charge < -0.3 is 15.0 Å². The molecule has 0 spiro atoms. The first-order valence-corrected chi connectivity index (χ1v) is 5.37. The van der Waals surface area contributed by atoms with E-state index in [4.69, 9.17) is 10.3 Å². The standard InChI is InChI=1S/C11H9F4N3O2/c12-6-1-2-7(8(16)3-6)10-17-9(18-20-10)4-19-5-11(13,14)15/h1-3H,4-5,16H2. The van der Waals surface area contributed by atoms with Gasteiger partial charge in [-0.2, -0.15) is 18.2 Å². The van der Waals surface area contributed by atoms with Crippen LogP contribution in [0.4, 0.5) is 23.2 Å². The predicted octanol–water partition coefficient (Wildman–Crippen LogP) is 2.54. The number of alkyl halides is 3. The topological polar surface area (TPSA) is 74.2 Å². The highest BCUT2D eigenvalue weighted by Crippen LogP contribution is 2.25. The van der Waals surface area contributed by atoms with Crippen molar-refractivity contribution < 1.29 is 26.8 Å². The van der Waals surface area contributed by atoms with Crippen molar-refractivity contribution in [1.29, 1.82) is 0 Å². The quantitative estimate of drug-likeness (QED) is 0.692. The number of aromatic nitrogens is 2. The maximum Gasteiger partial charge on any atom is 0.411 e. The van der Waals surface area contributed by atoms with E-state index in [0.717, 1.165) is 12.1 Å². The van der Waals surface area contributed by atoms with Crippen LogP contribution in [0.15, 0.2) is 22.7 Å². The second-order valence-electron chi connectivity index (χ2n) is 3.86. The number of nitrogens with zero attached hydrogens (tertiary/aromatic N) is 2. The largest absolute Gasteiger partial charge is 0.411 e. The third-order valence-electron chi connectivity index (χ3n) is 2.21. The Morgan fingerprint density at radius 1 is 1.30 bits per heavy atom. The zero-order chi connectivity index (χ0) is 14.8. The van der Waals surface area contributed by atoms with Gasteiger partial charge in [0.1, 0.15) is 19.0 Å². The molecule has 0 bridgehead atoms. The summed E-state index contributed by atoms with van der Waals surface area (Å²) in [6.07, 6.45) is -4.42. The number of anilines is 1. The molecule has 0 aliphatic rings. The fraction of sp³-hybridized carbons (Fsp3) is 0.273. The summed E-state index contributed by atoms with van der Waals surface area (Å²) in [7, 11) is 0. The lowest BCUT2D eigenvalue weighted by Gasteiger charge is -2.04. The second-order valence-corrected chi connectivity index (χ2v) is 3.86. The Morgan fingerprint density at radius 3 is 2.70 bits per heavy atom. The van der Waals surface area contributed by atoms with Crippen LogP contribution in [0.2, 0.25) is 0 Å². The van der Waals surface area contributed by atoms with Crippen molar-refractivity contribution in [3.05, 3.63) is 29.8 Å². The minimum atomic E-state index is -4.42. The number of rotatable bonds is 4. The molecule has 0 aliphatic carbocycles. The van der Waals surface area contributed by atoms with Crippen LogP contribution in [-0.2, 0) is 11.3 Å². The molecule has 0 aliphatic heterocycles. The number of hydrogen-bond acceptors (Lipinski definition) is 5. The molecule has 2 rings (SSSR count). The van der Waals surface area contributed by atoms with Crippen molar-refractivity contribution in [2.45, 2.75) is 12.8 Å². The van der Waals surface area contributed by atoms with E-state index in [-0.39, 0.29) is 17.4 Å². The van der Waals surface area contributed by atoms with E-state index < -0.39 is 25.2 Å². The van der Waals surface area contributed by atoms with E-state index >= 15 is 0 Å². The van der Waals surface area contributed by atoms with Gasteiger partial charge >= 0.3 is 6.18 Å². The average molecular weight is 291 g/mol. The summed E-state index contributed by atoms with van der Waals surface area (Å²) in [6, 6.07) is 3.55. The lowest BCUT2D eigenvalue weighted by molar-refractivity contribution is -0.177. The van der Waals surface area contributed by atoms with E-state index in [0.29, 0.717) is 5.56 Å². The van der Waals surface area contributed by atoms with Gasteiger partial charge in [-0.05, 0) is 18.2 Å². The van der Waals surface area contributed by atoms with Crippen LogP contribution in [0.5, 0.6) is 0 Å². The van der Waals surface area contributed by atoms with Gasteiger partial charge in [0.05, 0.1) is 5.56 Å². The summed E-state index contributed by atoms with van der Waals surface area (Å²) in [4.78, 5) is 3.82. The van der Waals surface area contributed by atoms with Crippen LogP contribution in [-0.4, -0.2) is 22.9 Å². The molecule has 1 aromatic carbocycles. The number of nitrogens with two attached hydrogens (primary N) is 1. The van der Waals surface area contributed by atoms with Crippen molar-refractivity contribution in [1.82, 2.24) is 10.1 Å². The minimum absolute atomic E-state index is 0.0203. The van der Waals surface area contributed by atoms with Crippen LogP contribution in [0.3, 0.4) is 0 Å². The molecule has 0 radical (unpaired) electrons. The van der Waals surface area contributed by atoms with Gasteiger partial charge in [0.25, 0.3) is 5.89 Å². The Kier molecular flexibility index (Phi) is 3.89. The van der Waals surface area contributed by atoms with Gasteiger partial charge in [-0.3, -0.25) is 0 Å². The number of benzene rings is 1. The third kappa shape index (κ3) is 3.67. The van der Waals surface area contributed by atoms with Crippen LogP contribution < -0.4 is 5.73 Å². The van der Waals surface area contributed by atoms with E-state index in [9.17, 15) is 17.6 Å². The molecule has 1 aromatic heterocycles. The molecule has 0 unspecified atom stereocenters. The summed E-state index contributed by atoms with van der Waals surface area (Å²) in [6.45, 7) is -1.86. The third-order valence-corrected chi connectivity index (χ3v) is 2.21. The lowest BCUT2D eigenvalue weighted by atomic mass is 10.2. The van der Waals surface area contributed by atoms with Crippen molar-refractivity contribution >= 4 is 5.69 Å². The van der Waals surface area contributed by atoms with Gasteiger partial charge in [-0.15, -0.1) is 0 Å². The first kappa shape index (κ1) is 14.3. The van der Waals surface area contributed by atoms with Crippen molar-refractivity contribution in [3.8, 4) is 11.5 Å². The molecule has 0 amide bonds.